The quantitative estimate of drug-likeness (QED) is 0.643. The predicted octanol–water partition coefficient (Wildman–Crippen LogP) is 4.54. The topological polar surface area (TPSA) is 51.9 Å². The van der Waals surface area contributed by atoms with E-state index in [1.165, 1.54) is 0 Å². The predicted molar refractivity (Wildman–Crippen MR) is 104 cm³/mol. The summed E-state index contributed by atoms with van der Waals surface area (Å²) in [7, 11) is 4.97. The van der Waals surface area contributed by atoms with Crippen LogP contribution in [0.5, 0.6) is 11.5 Å². The molecule has 5 heteroatoms. The lowest BCUT2D eigenvalue weighted by Gasteiger charge is -2.18. The first-order chi connectivity index (χ1) is 13.0. The number of hydrogen-bond donors (Lipinski definition) is 0. The summed E-state index contributed by atoms with van der Waals surface area (Å²) < 4.78 is 16.2. The van der Waals surface area contributed by atoms with E-state index in [0.717, 1.165) is 22.6 Å². The van der Waals surface area contributed by atoms with Crippen molar-refractivity contribution in [1.29, 1.82) is 0 Å². The van der Waals surface area contributed by atoms with Crippen LogP contribution >= 0.6 is 0 Å². The van der Waals surface area contributed by atoms with Gasteiger partial charge in [0.05, 0.1) is 14.2 Å². The zero-order valence-corrected chi connectivity index (χ0v) is 16.0. The molecule has 0 N–H and O–H groups in total. The molecular weight excluding hydrogens is 342 g/mol. The second-order valence-electron chi connectivity index (χ2n) is 6.34. The monoisotopic (exact) mass is 365 g/mol. The number of methoxy groups -OCH3 is 2. The number of aryl methyl sites for hydroxylation is 1. The number of benzene rings is 2. The number of carbonyl (C=O) groups is 1. The Morgan fingerprint density at radius 1 is 1.00 bits per heavy atom. The highest BCUT2D eigenvalue weighted by Gasteiger charge is 2.15. The highest BCUT2D eigenvalue weighted by Crippen LogP contribution is 2.28. The normalized spacial score (nSPS) is 10.5. The Kier molecular flexibility index (Phi) is 5.50. The largest absolute Gasteiger partial charge is 0.493 e. The molecule has 0 saturated heterocycles. The first-order valence-corrected chi connectivity index (χ1v) is 8.65. The van der Waals surface area contributed by atoms with Crippen LogP contribution in [-0.2, 0) is 6.54 Å². The molecule has 5 nitrogen and oxygen atoms in total. The molecule has 0 aliphatic carbocycles. The summed E-state index contributed by atoms with van der Waals surface area (Å²) in [6.07, 6.45) is 0. The number of nitrogens with zero attached hydrogens (tertiary/aromatic N) is 1. The van der Waals surface area contributed by atoms with Crippen LogP contribution in [0.3, 0.4) is 0 Å². The van der Waals surface area contributed by atoms with Crippen molar-refractivity contribution in [1.82, 2.24) is 4.90 Å². The Balaban J connectivity index is 1.78. The van der Waals surface area contributed by atoms with E-state index in [4.69, 9.17) is 13.9 Å². The lowest BCUT2D eigenvalue weighted by Crippen LogP contribution is -2.26. The Morgan fingerprint density at radius 2 is 1.78 bits per heavy atom. The fraction of sp³-hybridized carbons (Fsp3) is 0.227. The smallest absolute Gasteiger partial charge is 0.253 e. The van der Waals surface area contributed by atoms with Crippen LogP contribution in [0, 0.1) is 6.92 Å². The van der Waals surface area contributed by atoms with Crippen molar-refractivity contribution in [3.8, 4) is 22.8 Å². The van der Waals surface area contributed by atoms with Gasteiger partial charge >= 0.3 is 0 Å². The number of furan rings is 1. The maximum atomic E-state index is 12.9. The summed E-state index contributed by atoms with van der Waals surface area (Å²) in [5.74, 6) is 2.84. The Hall–Kier alpha value is -3.21. The van der Waals surface area contributed by atoms with Gasteiger partial charge in [0.15, 0.2) is 11.5 Å². The van der Waals surface area contributed by atoms with Gasteiger partial charge < -0.3 is 18.8 Å². The minimum atomic E-state index is -0.0603. The van der Waals surface area contributed by atoms with E-state index < -0.39 is 0 Å². The van der Waals surface area contributed by atoms with Gasteiger partial charge in [-0.15, -0.1) is 0 Å². The maximum absolute atomic E-state index is 12.9. The molecule has 1 amide bonds. The molecule has 140 valence electrons. The summed E-state index contributed by atoms with van der Waals surface area (Å²) in [6.45, 7) is 2.36. The molecule has 0 atom stereocenters. The van der Waals surface area contributed by atoms with Crippen molar-refractivity contribution < 1.29 is 18.7 Å². The molecule has 0 bridgehead atoms. The summed E-state index contributed by atoms with van der Waals surface area (Å²) in [6, 6.07) is 16.9. The molecule has 0 unspecified atom stereocenters. The van der Waals surface area contributed by atoms with Crippen LogP contribution in [0.2, 0.25) is 0 Å². The van der Waals surface area contributed by atoms with E-state index in [1.54, 1.807) is 26.2 Å². The van der Waals surface area contributed by atoms with Gasteiger partial charge in [0.25, 0.3) is 5.91 Å². The summed E-state index contributed by atoms with van der Waals surface area (Å²) >= 11 is 0. The minimum Gasteiger partial charge on any atom is -0.493 e. The fourth-order valence-electron chi connectivity index (χ4n) is 2.94. The summed E-state index contributed by atoms with van der Waals surface area (Å²) in [5.41, 5.74) is 2.46. The average Bonchev–Trinajstić information content (AvgIpc) is 3.13. The molecule has 0 aliphatic rings. The highest BCUT2D eigenvalue weighted by atomic mass is 16.5. The Morgan fingerprint density at radius 3 is 2.44 bits per heavy atom. The number of rotatable bonds is 6. The number of hydrogen-bond acceptors (Lipinski definition) is 4. The van der Waals surface area contributed by atoms with Gasteiger partial charge in [0.1, 0.15) is 11.5 Å². The van der Waals surface area contributed by atoms with Crippen LogP contribution in [-0.4, -0.2) is 32.1 Å². The van der Waals surface area contributed by atoms with Gasteiger partial charge in [-0.05, 0) is 48.9 Å². The third kappa shape index (κ3) is 4.14. The molecule has 0 aliphatic heterocycles. The van der Waals surface area contributed by atoms with Gasteiger partial charge in [0, 0.05) is 24.7 Å². The van der Waals surface area contributed by atoms with E-state index in [9.17, 15) is 4.79 Å². The number of amides is 1. The second kappa shape index (κ2) is 7.99. The zero-order chi connectivity index (χ0) is 19.4. The lowest BCUT2D eigenvalue weighted by molar-refractivity contribution is 0.0785. The van der Waals surface area contributed by atoms with Crippen molar-refractivity contribution in [3.63, 3.8) is 0 Å². The molecule has 0 saturated carbocycles. The molecule has 3 rings (SSSR count). The standard InChI is InChI=1S/C22H23NO4/c1-15-8-10-19(27-15)17-6-5-7-18(13-17)22(24)23(2)14-16-9-11-20(25-3)21(12-16)26-4/h5-13H,14H2,1-4H3. The van der Waals surface area contributed by atoms with Crippen LogP contribution in [0.15, 0.2) is 59.0 Å². The maximum Gasteiger partial charge on any atom is 0.253 e. The van der Waals surface area contributed by atoms with Crippen molar-refractivity contribution in [3.05, 3.63) is 71.5 Å². The zero-order valence-electron chi connectivity index (χ0n) is 16.0. The molecule has 27 heavy (non-hydrogen) atoms. The molecule has 0 radical (unpaired) electrons. The molecule has 0 spiro atoms. The molecule has 3 aromatic rings. The van der Waals surface area contributed by atoms with Crippen LogP contribution in [0.1, 0.15) is 21.7 Å². The third-order valence-electron chi connectivity index (χ3n) is 4.35. The van der Waals surface area contributed by atoms with Crippen LogP contribution < -0.4 is 9.47 Å². The minimum absolute atomic E-state index is 0.0603. The van der Waals surface area contributed by atoms with Crippen molar-refractivity contribution >= 4 is 5.91 Å². The Bertz CT molecular complexity index is 945. The van der Waals surface area contributed by atoms with E-state index in [1.807, 2.05) is 61.5 Å². The highest BCUT2D eigenvalue weighted by molar-refractivity contribution is 5.95. The van der Waals surface area contributed by atoms with E-state index >= 15 is 0 Å². The fourth-order valence-corrected chi connectivity index (χ4v) is 2.94. The lowest BCUT2D eigenvalue weighted by atomic mass is 10.1. The van der Waals surface area contributed by atoms with Crippen molar-refractivity contribution in [2.24, 2.45) is 0 Å². The van der Waals surface area contributed by atoms with Gasteiger partial charge in [-0.1, -0.05) is 18.2 Å². The van der Waals surface area contributed by atoms with Gasteiger partial charge in [-0.25, -0.2) is 0 Å². The summed E-state index contributed by atoms with van der Waals surface area (Å²) in [4.78, 5) is 14.5. The molecular formula is C22H23NO4. The molecule has 2 aromatic carbocycles. The SMILES string of the molecule is COc1ccc(CN(C)C(=O)c2cccc(-c3ccc(C)o3)c2)cc1OC. The Labute approximate surface area is 159 Å². The van der Waals surface area contributed by atoms with Crippen molar-refractivity contribution in [2.45, 2.75) is 13.5 Å². The van der Waals surface area contributed by atoms with Crippen LogP contribution in [0.25, 0.3) is 11.3 Å². The van der Waals surface area contributed by atoms with Crippen LogP contribution in [0.4, 0.5) is 0 Å². The second-order valence-corrected chi connectivity index (χ2v) is 6.34. The average molecular weight is 365 g/mol. The van der Waals surface area contributed by atoms with E-state index in [0.29, 0.717) is 23.6 Å². The van der Waals surface area contributed by atoms with Gasteiger partial charge in [-0.2, -0.15) is 0 Å². The molecule has 0 fully saturated rings. The van der Waals surface area contributed by atoms with E-state index in [2.05, 4.69) is 0 Å². The van der Waals surface area contributed by atoms with Gasteiger partial charge in [-0.3, -0.25) is 4.79 Å². The number of carbonyl (C=O) groups excluding carboxylic acids is 1. The van der Waals surface area contributed by atoms with E-state index in [-0.39, 0.29) is 5.91 Å². The number of ether oxygens (including phenoxy) is 2. The summed E-state index contributed by atoms with van der Waals surface area (Å²) in [5, 5.41) is 0. The first-order valence-electron chi connectivity index (χ1n) is 8.65. The molecule has 1 heterocycles. The van der Waals surface area contributed by atoms with Gasteiger partial charge in [0.2, 0.25) is 0 Å². The van der Waals surface area contributed by atoms with Crippen molar-refractivity contribution in [2.75, 3.05) is 21.3 Å². The molecule has 1 aromatic heterocycles. The first kappa shape index (κ1) is 18.6. The third-order valence-corrected chi connectivity index (χ3v) is 4.35.